The average Bonchev–Trinajstić information content (AvgIpc) is 4.01. The highest BCUT2D eigenvalue weighted by Gasteiger charge is 2.27. The summed E-state index contributed by atoms with van der Waals surface area (Å²) in [5, 5.41) is 12.2. The van der Waals surface area contributed by atoms with Crippen molar-refractivity contribution < 1.29 is 0 Å². The number of thiophene rings is 2. The Morgan fingerprint density at radius 1 is 0.229 bits per heavy atom. The smallest absolute Gasteiger partial charge is 0.0555 e. The summed E-state index contributed by atoms with van der Waals surface area (Å²) in [6.45, 7) is 0. The predicted molar refractivity (Wildman–Crippen MR) is 305 cm³/mol. The Bertz CT molecular complexity index is 4030. The van der Waals surface area contributed by atoms with Gasteiger partial charge >= 0.3 is 0 Å². The summed E-state index contributed by atoms with van der Waals surface area (Å²) in [6, 6.07) is 94.2. The summed E-state index contributed by atoms with van der Waals surface area (Å²) in [5.41, 5.74) is 11.4. The van der Waals surface area contributed by atoms with Crippen LogP contribution in [-0.4, -0.2) is 0 Å². The maximum atomic E-state index is 2.55. The van der Waals surface area contributed by atoms with Crippen LogP contribution in [0.15, 0.2) is 255 Å². The molecule has 2 aromatic heterocycles. The third-order valence-electron chi connectivity index (χ3n) is 14.0. The van der Waals surface area contributed by atoms with E-state index in [0.29, 0.717) is 0 Å². The molecule has 14 aromatic rings. The van der Waals surface area contributed by atoms with Gasteiger partial charge in [0.25, 0.3) is 0 Å². The Kier molecular flexibility index (Phi) is 9.61. The lowest BCUT2D eigenvalue weighted by Crippen LogP contribution is -2.13. The zero-order chi connectivity index (χ0) is 46.1. The highest BCUT2D eigenvalue weighted by Crippen LogP contribution is 2.53. The fraction of sp³-hybridized carbons (Fsp3) is 0. The van der Waals surface area contributed by atoms with Crippen molar-refractivity contribution in [3.63, 3.8) is 0 Å². The molecule has 0 saturated heterocycles. The summed E-state index contributed by atoms with van der Waals surface area (Å²) >= 11 is 3.72. The molecule has 0 amide bonds. The van der Waals surface area contributed by atoms with Crippen molar-refractivity contribution >= 4 is 129 Å². The Hall–Kier alpha value is -8.54. The molecule has 0 atom stereocenters. The van der Waals surface area contributed by atoms with Crippen LogP contribution in [0.3, 0.4) is 0 Å². The Morgan fingerprint density at radius 2 is 0.571 bits per heavy atom. The molecule has 0 fully saturated rings. The lowest BCUT2D eigenvalue weighted by molar-refractivity contribution is 1.31. The molecule has 12 aromatic carbocycles. The highest BCUT2D eigenvalue weighted by molar-refractivity contribution is 7.26. The van der Waals surface area contributed by atoms with Crippen molar-refractivity contribution in [3.05, 3.63) is 255 Å². The second-order valence-electron chi connectivity index (χ2n) is 18.0. The van der Waals surface area contributed by atoms with Crippen LogP contribution in [0.5, 0.6) is 0 Å². The molecule has 70 heavy (non-hydrogen) atoms. The second kappa shape index (κ2) is 16.6. The van der Waals surface area contributed by atoms with E-state index in [9.17, 15) is 0 Å². The molecule has 0 saturated carbocycles. The number of hydrogen-bond acceptors (Lipinski definition) is 4. The molecular formula is C66H42N2S2. The number of hydrogen-bond donors (Lipinski definition) is 0. The van der Waals surface area contributed by atoms with Gasteiger partial charge in [0.15, 0.2) is 0 Å². The molecule has 14 rings (SSSR count). The maximum Gasteiger partial charge on any atom is 0.0555 e. The summed E-state index contributed by atoms with van der Waals surface area (Å²) in [6.07, 6.45) is 0. The van der Waals surface area contributed by atoms with Gasteiger partial charge in [-0.25, -0.2) is 0 Å². The van der Waals surface area contributed by atoms with Gasteiger partial charge in [-0.15, -0.1) is 22.7 Å². The summed E-state index contributed by atoms with van der Waals surface area (Å²) < 4.78 is 5.10. The number of benzene rings is 12. The molecule has 0 radical (unpaired) electrons. The van der Waals surface area contributed by atoms with Gasteiger partial charge in [-0.05, 0) is 105 Å². The predicted octanol–water partition coefficient (Wildman–Crippen LogP) is 20.2. The lowest BCUT2D eigenvalue weighted by Gasteiger charge is -2.32. The van der Waals surface area contributed by atoms with Crippen LogP contribution in [0, 0.1) is 0 Å². The molecule has 0 aliphatic rings. The number of rotatable bonds is 8. The molecule has 0 aliphatic heterocycles. The average molecular weight is 927 g/mol. The topological polar surface area (TPSA) is 6.48 Å². The van der Waals surface area contributed by atoms with E-state index in [2.05, 4.69) is 265 Å². The van der Waals surface area contributed by atoms with Crippen LogP contribution < -0.4 is 9.80 Å². The van der Waals surface area contributed by atoms with E-state index in [4.69, 9.17) is 0 Å². The van der Waals surface area contributed by atoms with Gasteiger partial charge in [-0.3, -0.25) is 0 Å². The minimum Gasteiger partial charge on any atom is -0.309 e. The van der Waals surface area contributed by atoms with Crippen molar-refractivity contribution in [3.8, 4) is 22.3 Å². The van der Waals surface area contributed by atoms with E-state index in [1.165, 1.54) is 61.9 Å². The maximum absolute atomic E-state index is 2.55. The van der Waals surface area contributed by atoms with Gasteiger partial charge in [0.1, 0.15) is 0 Å². The Labute approximate surface area is 413 Å². The van der Waals surface area contributed by atoms with Crippen LogP contribution in [0.2, 0.25) is 0 Å². The van der Waals surface area contributed by atoms with E-state index in [0.717, 1.165) is 67.2 Å². The number of anilines is 6. The summed E-state index contributed by atoms with van der Waals surface area (Å²) in [5.74, 6) is 0. The Morgan fingerprint density at radius 3 is 1.03 bits per heavy atom. The molecule has 0 unspecified atom stereocenters. The summed E-state index contributed by atoms with van der Waals surface area (Å²) in [4.78, 5) is 5.10. The van der Waals surface area contributed by atoms with Crippen molar-refractivity contribution in [2.45, 2.75) is 0 Å². The van der Waals surface area contributed by atoms with Crippen molar-refractivity contribution in [2.75, 3.05) is 9.80 Å². The molecule has 0 spiro atoms. The molecule has 0 bridgehead atoms. The molecule has 0 aliphatic carbocycles. The van der Waals surface area contributed by atoms with E-state index in [-0.39, 0.29) is 0 Å². The van der Waals surface area contributed by atoms with Gasteiger partial charge in [-0.2, -0.15) is 0 Å². The zero-order valence-corrected chi connectivity index (χ0v) is 39.6. The van der Waals surface area contributed by atoms with Gasteiger partial charge in [-0.1, -0.05) is 182 Å². The van der Waals surface area contributed by atoms with Crippen molar-refractivity contribution in [1.82, 2.24) is 0 Å². The quantitative estimate of drug-likeness (QED) is 0.150. The van der Waals surface area contributed by atoms with Crippen molar-refractivity contribution in [1.29, 1.82) is 0 Å². The lowest BCUT2D eigenvalue weighted by atomic mass is 9.92. The second-order valence-corrected chi connectivity index (χ2v) is 20.1. The summed E-state index contributed by atoms with van der Waals surface area (Å²) in [7, 11) is 0. The first-order chi connectivity index (χ1) is 34.7. The molecular weight excluding hydrogens is 885 g/mol. The SMILES string of the molecule is c1ccc(-c2cc3cc(N(c4cccc5ccccc45)c4cccc5sc6ccccc6c45)c(-c4ccccc4)cc3cc2N(c2cccc3ccccc23)c2cccc3sc4ccccc4c23)cc1. The monoisotopic (exact) mass is 926 g/mol. The van der Waals surface area contributed by atoms with Crippen LogP contribution in [0.4, 0.5) is 34.1 Å². The number of nitrogens with zero attached hydrogens (tertiary/aromatic N) is 2. The van der Waals surface area contributed by atoms with Crippen LogP contribution >= 0.6 is 22.7 Å². The molecule has 0 N–H and O–H groups in total. The van der Waals surface area contributed by atoms with Crippen LogP contribution in [-0.2, 0) is 0 Å². The van der Waals surface area contributed by atoms with Crippen LogP contribution in [0.25, 0.3) is 94.9 Å². The minimum absolute atomic E-state index is 1.12. The molecule has 4 heteroatoms. The first-order valence-corrected chi connectivity index (χ1v) is 25.5. The zero-order valence-electron chi connectivity index (χ0n) is 38.0. The first kappa shape index (κ1) is 40.5. The van der Waals surface area contributed by atoms with E-state index < -0.39 is 0 Å². The fourth-order valence-corrected chi connectivity index (χ4v) is 13.1. The third-order valence-corrected chi connectivity index (χ3v) is 16.3. The van der Waals surface area contributed by atoms with Crippen molar-refractivity contribution in [2.24, 2.45) is 0 Å². The van der Waals surface area contributed by atoms with Gasteiger partial charge < -0.3 is 9.80 Å². The minimum atomic E-state index is 1.12. The van der Waals surface area contributed by atoms with E-state index >= 15 is 0 Å². The fourth-order valence-electron chi connectivity index (χ4n) is 10.9. The number of fused-ring (bicyclic) bond motifs is 9. The standard InChI is InChI=1S/C66H42N2S2/c1-3-19-45(20-4-1)53-39-47-42-60(68(56-32-16-26-44-24-8-10-28-50(44)56)58-34-18-38-64-66(58)52-30-12-14-36-62(52)70-64)54(46-21-5-2-6-22-46)40-48(47)41-59(53)67(55-31-15-25-43-23-7-9-27-49(43)55)57-33-17-37-63-65(57)51-29-11-13-35-61(51)69-63/h1-42H. The van der Waals surface area contributed by atoms with Gasteiger partial charge in [0.05, 0.1) is 34.1 Å². The highest BCUT2D eigenvalue weighted by atomic mass is 32.1. The van der Waals surface area contributed by atoms with E-state index in [1.54, 1.807) is 0 Å². The largest absolute Gasteiger partial charge is 0.309 e. The molecule has 2 heterocycles. The van der Waals surface area contributed by atoms with Gasteiger partial charge in [0, 0.05) is 62.2 Å². The van der Waals surface area contributed by atoms with Gasteiger partial charge in [0.2, 0.25) is 0 Å². The first-order valence-electron chi connectivity index (χ1n) is 23.8. The normalized spacial score (nSPS) is 11.7. The molecule has 328 valence electrons. The Balaban J connectivity index is 1.11. The third kappa shape index (κ3) is 6.60. The van der Waals surface area contributed by atoms with E-state index in [1.807, 2.05) is 22.7 Å². The molecule has 2 nitrogen and oxygen atoms in total. The van der Waals surface area contributed by atoms with Crippen LogP contribution in [0.1, 0.15) is 0 Å².